The average Bonchev–Trinajstić information content (AvgIpc) is 3.64. The van der Waals surface area contributed by atoms with Gasteiger partial charge in [-0.05, 0) is 87.4 Å². The van der Waals surface area contributed by atoms with Gasteiger partial charge in [-0.3, -0.25) is 9.69 Å². The minimum absolute atomic E-state index is 0.0171. The van der Waals surface area contributed by atoms with Crippen LogP contribution >= 0.6 is 0 Å². The van der Waals surface area contributed by atoms with Gasteiger partial charge in [0.2, 0.25) is 5.91 Å². The SMILES string of the molecule is CCCCN(C(=O)CCCCCCCc1ccccc1)[C@H]1CC[C@H]2[C@H]3Cc4ccc(OC)c5c4[C@@]2(CCN3CC2CC2O)[C@H]1O5. The third-order valence-electron chi connectivity index (χ3n) is 12.1. The summed E-state index contributed by atoms with van der Waals surface area (Å²) >= 11 is 0. The summed E-state index contributed by atoms with van der Waals surface area (Å²) in [5.41, 5.74) is 4.18. The van der Waals surface area contributed by atoms with Gasteiger partial charge in [-0.25, -0.2) is 0 Å². The van der Waals surface area contributed by atoms with Crippen LogP contribution in [0.3, 0.4) is 0 Å². The number of aryl methyl sites for hydroxylation is 1. The summed E-state index contributed by atoms with van der Waals surface area (Å²) in [6.45, 7) is 5.11. The van der Waals surface area contributed by atoms with Crippen molar-refractivity contribution in [1.82, 2.24) is 9.80 Å². The van der Waals surface area contributed by atoms with E-state index >= 15 is 0 Å². The number of unbranched alkanes of at least 4 members (excludes halogenated alkanes) is 5. The Kier molecular flexibility index (Phi) is 9.16. The zero-order chi connectivity index (χ0) is 31.0. The van der Waals surface area contributed by atoms with Crippen molar-refractivity contribution in [2.45, 2.75) is 127 Å². The third kappa shape index (κ3) is 5.79. The molecule has 1 spiro atoms. The molecule has 5 aliphatic rings. The maximum absolute atomic E-state index is 14.1. The molecule has 3 aliphatic carbocycles. The first-order valence-electron chi connectivity index (χ1n) is 18.2. The van der Waals surface area contributed by atoms with Crippen LogP contribution in [0.15, 0.2) is 42.5 Å². The molecule has 2 aromatic rings. The summed E-state index contributed by atoms with van der Waals surface area (Å²) in [4.78, 5) is 19.0. The Morgan fingerprint density at radius 2 is 1.87 bits per heavy atom. The van der Waals surface area contributed by atoms with E-state index in [2.05, 4.69) is 59.2 Å². The van der Waals surface area contributed by atoms with E-state index in [0.717, 1.165) is 95.3 Å². The van der Waals surface area contributed by atoms with Crippen LogP contribution in [0.5, 0.6) is 11.5 Å². The zero-order valence-electron chi connectivity index (χ0n) is 27.6. The summed E-state index contributed by atoms with van der Waals surface area (Å²) in [7, 11) is 1.75. The predicted molar refractivity (Wildman–Crippen MR) is 178 cm³/mol. The van der Waals surface area contributed by atoms with Crippen molar-refractivity contribution < 1.29 is 19.4 Å². The Bertz CT molecular complexity index is 1330. The number of carbonyl (C=O) groups excluding carboxylic acids is 1. The Morgan fingerprint density at radius 1 is 1.07 bits per heavy atom. The van der Waals surface area contributed by atoms with Crippen LogP contribution in [0, 0.1) is 11.8 Å². The number of aliphatic hydroxyl groups excluding tert-OH is 1. The highest BCUT2D eigenvalue weighted by Crippen LogP contribution is 2.64. The second-order valence-corrected chi connectivity index (χ2v) is 14.7. The summed E-state index contributed by atoms with van der Waals surface area (Å²) in [6.07, 6.45) is 14.7. The van der Waals surface area contributed by atoms with Gasteiger partial charge in [0, 0.05) is 42.4 Å². The van der Waals surface area contributed by atoms with E-state index in [1.165, 1.54) is 36.0 Å². The summed E-state index contributed by atoms with van der Waals surface area (Å²) in [5, 5.41) is 10.2. The minimum atomic E-state index is -0.113. The van der Waals surface area contributed by atoms with Crippen molar-refractivity contribution in [2.24, 2.45) is 11.8 Å². The monoisotopic (exact) mass is 614 g/mol. The average molecular weight is 615 g/mol. The summed E-state index contributed by atoms with van der Waals surface area (Å²) < 4.78 is 13.0. The number of amides is 1. The van der Waals surface area contributed by atoms with Crippen molar-refractivity contribution in [3.05, 3.63) is 59.2 Å². The van der Waals surface area contributed by atoms with Crippen LogP contribution in [-0.4, -0.2) is 71.8 Å². The zero-order valence-corrected chi connectivity index (χ0v) is 27.6. The fourth-order valence-corrected chi connectivity index (χ4v) is 9.75. The van der Waals surface area contributed by atoms with Gasteiger partial charge in [0.05, 0.1) is 19.3 Å². The van der Waals surface area contributed by atoms with Crippen molar-refractivity contribution in [3.8, 4) is 11.5 Å². The van der Waals surface area contributed by atoms with E-state index in [1.807, 2.05) is 0 Å². The number of aliphatic hydroxyl groups is 1. The molecule has 2 saturated carbocycles. The number of nitrogens with zero attached hydrogens (tertiary/aromatic N) is 2. The highest BCUT2D eigenvalue weighted by Gasteiger charge is 2.66. The van der Waals surface area contributed by atoms with Crippen molar-refractivity contribution >= 4 is 5.91 Å². The number of carbonyl (C=O) groups is 1. The maximum Gasteiger partial charge on any atom is 0.222 e. The number of methoxy groups -OCH3 is 1. The van der Waals surface area contributed by atoms with Crippen LogP contribution in [0.1, 0.15) is 101 Å². The lowest BCUT2D eigenvalue weighted by molar-refractivity contribution is -0.143. The molecule has 244 valence electrons. The standard InChI is InChI=1S/C39H54N2O4/c1-3-4-22-41(35(43)16-12-7-5-6-9-13-27-14-10-8-11-15-27)31-19-18-30-32-24-28-17-20-34(44-2)37-36(28)39(30,38(31)45-37)21-23-40(32)26-29-25-33(29)42/h8,10-11,14-15,17,20,29-33,38,42H,3-7,9,12-13,16,18-19,21-26H2,1-2H3/t29?,30-,31-,32+,33?,38-,39-/m0/s1. The Balaban J connectivity index is 1.06. The molecule has 1 N–H and O–H groups in total. The van der Waals surface area contributed by atoms with Crippen LogP contribution in [0.4, 0.5) is 0 Å². The number of hydrogen-bond acceptors (Lipinski definition) is 5. The molecule has 3 fully saturated rings. The number of rotatable bonds is 15. The van der Waals surface area contributed by atoms with E-state index in [4.69, 9.17) is 9.47 Å². The fourth-order valence-electron chi connectivity index (χ4n) is 9.75. The number of likely N-dealkylation sites (tertiary alicyclic amines) is 1. The normalized spacial score (nSPS) is 30.8. The van der Waals surface area contributed by atoms with Gasteiger partial charge in [0.15, 0.2) is 11.5 Å². The second-order valence-electron chi connectivity index (χ2n) is 14.7. The molecule has 2 aromatic carbocycles. The molecule has 0 radical (unpaired) electrons. The van der Waals surface area contributed by atoms with Gasteiger partial charge in [0.25, 0.3) is 0 Å². The predicted octanol–water partition coefficient (Wildman–Crippen LogP) is 6.70. The molecule has 2 aliphatic heterocycles. The molecule has 6 heteroatoms. The fraction of sp³-hybridized carbons (Fsp3) is 0.667. The van der Waals surface area contributed by atoms with E-state index < -0.39 is 0 Å². The van der Waals surface area contributed by atoms with Gasteiger partial charge in [-0.15, -0.1) is 0 Å². The number of ether oxygens (including phenoxy) is 2. The molecule has 2 bridgehead atoms. The molecular weight excluding hydrogens is 560 g/mol. The molecule has 2 unspecified atom stereocenters. The van der Waals surface area contributed by atoms with Crippen molar-refractivity contribution in [2.75, 3.05) is 26.7 Å². The largest absolute Gasteiger partial charge is 0.493 e. The Morgan fingerprint density at radius 3 is 2.64 bits per heavy atom. The van der Waals surface area contributed by atoms with Gasteiger partial charge in [0.1, 0.15) is 6.10 Å². The van der Waals surface area contributed by atoms with Gasteiger partial charge in [-0.2, -0.15) is 0 Å². The highest BCUT2D eigenvalue weighted by atomic mass is 16.5. The van der Waals surface area contributed by atoms with Crippen LogP contribution in [-0.2, 0) is 23.1 Å². The quantitative estimate of drug-likeness (QED) is 0.227. The van der Waals surface area contributed by atoms with Crippen LogP contribution in [0.2, 0.25) is 0 Å². The molecule has 6 nitrogen and oxygen atoms in total. The Hall–Kier alpha value is -2.57. The molecular formula is C39H54N2O4. The van der Waals surface area contributed by atoms with Crippen LogP contribution in [0.25, 0.3) is 0 Å². The van der Waals surface area contributed by atoms with E-state index in [0.29, 0.717) is 30.2 Å². The van der Waals surface area contributed by atoms with E-state index in [9.17, 15) is 9.90 Å². The molecule has 7 rings (SSSR count). The topological polar surface area (TPSA) is 62.2 Å². The lowest BCUT2D eigenvalue weighted by Crippen LogP contribution is -2.69. The first-order valence-corrected chi connectivity index (χ1v) is 18.2. The summed E-state index contributed by atoms with van der Waals surface area (Å²) in [6, 6.07) is 15.7. The van der Waals surface area contributed by atoms with E-state index in [1.54, 1.807) is 7.11 Å². The molecule has 0 aromatic heterocycles. The molecule has 1 amide bonds. The molecule has 2 heterocycles. The highest BCUT2D eigenvalue weighted by molar-refractivity contribution is 5.77. The molecule has 45 heavy (non-hydrogen) atoms. The first kappa shape index (κ1) is 31.1. The van der Waals surface area contributed by atoms with Crippen molar-refractivity contribution in [1.29, 1.82) is 0 Å². The first-order chi connectivity index (χ1) is 22.0. The third-order valence-corrected chi connectivity index (χ3v) is 12.1. The lowest BCUT2D eigenvalue weighted by atomic mass is 9.51. The lowest BCUT2D eigenvalue weighted by Gasteiger charge is -2.60. The number of piperidine rings is 1. The second kappa shape index (κ2) is 13.3. The smallest absolute Gasteiger partial charge is 0.222 e. The van der Waals surface area contributed by atoms with E-state index in [-0.39, 0.29) is 23.7 Å². The molecule has 1 saturated heterocycles. The Labute approximate surface area is 270 Å². The van der Waals surface area contributed by atoms with Crippen LogP contribution < -0.4 is 9.47 Å². The van der Waals surface area contributed by atoms with Gasteiger partial charge < -0.3 is 19.5 Å². The van der Waals surface area contributed by atoms with Crippen molar-refractivity contribution in [3.63, 3.8) is 0 Å². The number of benzene rings is 2. The number of hydrogen-bond donors (Lipinski definition) is 1. The van der Waals surface area contributed by atoms with Gasteiger partial charge in [-0.1, -0.05) is 69.0 Å². The molecule has 7 atom stereocenters. The maximum atomic E-state index is 14.1. The minimum Gasteiger partial charge on any atom is -0.493 e. The van der Waals surface area contributed by atoms with Gasteiger partial charge >= 0.3 is 0 Å². The summed E-state index contributed by atoms with van der Waals surface area (Å²) in [5.74, 6) is 3.08.